The van der Waals surface area contributed by atoms with E-state index in [2.05, 4.69) is 30.7 Å². The van der Waals surface area contributed by atoms with E-state index in [4.69, 9.17) is 14.2 Å². The molecule has 12 nitrogen and oxygen atoms in total. The van der Waals surface area contributed by atoms with E-state index in [9.17, 15) is 14.4 Å². The van der Waals surface area contributed by atoms with Gasteiger partial charge in [-0.2, -0.15) is 30.7 Å². The van der Waals surface area contributed by atoms with Crippen LogP contribution in [0, 0.1) is 41.5 Å². The van der Waals surface area contributed by atoms with Crippen LogP contribution in [0.1, 0.15) is 64.5 Å². The Hall–Kier alpha value is -8.25. The molecule has 0 amide bonds. The first kappa shape index (κ1) is 42.9. The molecule has 0 aliphatic heterocycles. The number of hydrogen-bond donors (Lipinski definition) is 0. The normalized spacial score (nSPS) is 11.3. The molecule has 0 spiro atoms. The van der Waals surface area contributed by atoms with Crippen molar-refractivity contribution in [1.29, 1.82) is 0 Å². The zero-order valence-corrected chi connectivity index (χ0v) is 35.5. The number of azo groups is 3. The smallest absolute Gasteiger partial charge is 0.343 e. The zero-order chi connectivity index (χ0) is 44.5. The minimum absolute atomic E-state index is 0.0912. The summed E-state index contributed by atoms with van der Waals surface area (Å²) in [6, 6.07) is 41.8. The minimum Gasteiger partial charge on any atom is -0.423 e. The van der Waals surface area contributed by atoms with Crippen molar-refractivity contribution >= 4 is 52.0 Å². The van der Waals surface area contributed by atoms with E-state index in [0.717, 1.165) is 33.8 Å². The van der Waals surface area contributed by atoms with Gasteiger partial charge >= 0.3 is 17.9 Å². The molecule has 0 unspecified atom stereocenters. The lowest BCUT2D eigenvalue weighted by atomic mass is 10.1. The van der Waals surface area contributed by atoms with Crippen LogP contribution in [0.4, 0.5) is 34.1 Å². The SMILES string of the molecule is Cc1ccccc1/N=N/c1ccc(OC(=O)c2cc(C(=O)Oc3ccc(/N=N/c4ccccc4C)cc3C)cc(C(=O)Oc3ccc(/N=N/c4ccccc4C)cc3C)c2)c(C)c1. The van der Waals surface area contributed by atoms with Crippen molar-refractivity contribution in [3.63, 3.8) is 0 Å². The monoisotopic (exact) mass is 834 g/mol. The number of rotatable bonds is 12. The molecule has 0 bridgehead atoms. The molecule has 63 heavy (non-hydrogen) atoms. The van der Waals surface area contributed by atoms with Gasteiger partial charge in [-0.05, 0) is 166 Å². The summed E-state index contributed by atoms with van der Waals surface area (Å²) in [4.78, 5) is 41.4. The average molecular weight is 835 g/mol. The van der Waals surface area contributed by atoms with Crippen molar-refractivity contribution in [3.8, 4) is 17.2 Å². The number of aryl methyl sites for hydroxylation is 6. The molecular weight excluding hydrogens is 793 g/mol. The summed E-state index contributed by atoms with van der Waals surface area (Å²) in [5.41, 5.74) is 8.36. The highest BCUT2D eigenvalue weighted by Gasteiger charge is 2.22. The maximum absolute atomic E-state index is 13.8. The van der Waals surface area contributed by atoms with Crippen LogP contribution in [0.5, 0.6) is 17.2 Å². The van der Waals surface area contributed by atoms with Gasteiger partial charge < -0.3 is 14.2 Å². The van der Waals surface area contributed by atoms with Gasteiger partial charge in [0.2, 0.25) is 0 Å². The molecule has 0 N–H and O–H groups in total. The number of carbonyl (C=O) groups excluding carboxylic acids is 3. The number of nitrogens with zero attached hydrogens (tertiary/aromatic N) is 6. The van der Waals surface area contributed by atoms with Crippen LogP contribution >= 0.6 is 0 Å². The van der Waals surface area contributed by atoms with E-state index in [1.54, 1.807) is 75.4 Å². The van der Waals surface area contributed by atoms with Gasteiger partial charge in [-0.25, -0.2) is 14.4 Å². The second-order valence-corrected chi connectivity index (χ2v) is 14.8. The van der Waals surface area contributed by atoms with E-state index in [1.807, 2.05) is 93.6 Å². The Balaban J connectivity index is 1.14. The number of ether oxygens (including phenoxy) is 3. The summed E-state index contributed by atoms with van der Waals surface area (Å²) in [5.74, 6) is -1.73. The molecule has 7 rings (SSSR count). The Kier molecular flexibility index (Phi) is 13.2. The molecular formula is C51H42N6O6. The van der Waals surface area contributed by atoms with Crippen molar-refractivity contribution in [1.82, 2.24) is 0 Å². The number of benzene rings is 7. The van der Waals surface area contributed by atoms with E-state index in [-0.39, 0.29) is 33.9 Å². The Bertz CT molecular complexity index is 2650. The Morgan fingerprint density at radius 1 is 0.317 bits per heavy atom. The summed E-state index contributed by atoms with van der Waals surface area (Å²) >= 11 is 0. The van der Waals surface area contributed by atoms with Crippen LogP contribution in [0.25, 0.3) is 0 Å². The highest BCUT2D eigenvalue weighted by Crippen LogP contribution is 2.31. The Morgan fingerprint density at radius 2 is 0.587 bits per heavy atom. The van der Waals surface area contributed by atoms with Crippen molar-refractivity contribution in [2.75, 3.05) is 0 Å². The third-order valence-corrected chi connectivity index (χ3v) is 9.89. The number of carbonyl (C=O) groups is 3. The zero-order valence-electron chi connectivity index (χ0n) is 35.5. The van der Waals surface area contributed by atoms with E-state index >= 15 is 0 Å². The molecule has 0 saturated carbocycles. The van der Waals surface area contributed by atoms with Crippen molar-refractivity contribution in [3.05, 3.63) is 196 Å². The van der Waals surface area contributed by atoms with Crippen molar-refractivity contribution < 1.29 is 28.6 Å². The molecule has 0 aliphatic carbocycles. The van der Waals surface area contributed by atoms with Gasteiger partial charge in [0, 0.05) is 0 Å². The largest absolute Gasteiger partial charge is 0.423 e. The highest BCUT2D eigenvalue weighted by molar-refractivity contribution is 6.02. The van der Waals surface area contributed by atoms with E-state index in [1.165, 1.54) is 18.2 Å². The molecule has 0 saturated heterocycles. The topological polar surface area (TPSA) is 153 Å². The van der Waals surface area contributed by atoms with E-state index in [0.29, 0.717) is 33.8 Å². The summed E-state index contributed by atoms with van der Waals surface area (Å²) in [5, 5.41) is 26.1. The molecule has 0 radical (unpaired) electrons. The maximum atomic E-state index is 13.8. The van der Waals surface area contributed by atoms with Crippen LogP contribution in [-0.4, -0.2) is 17.9 Å². The predicted molar refractivity (Wildman–Crippen MR) is 241 cm³/mol. The first-order chi connectivity index (χ1) is 30.4. The molecule has 0 aliphatic rings. The lowest BCUT2D eigenvalue weighted by molar-refractivity contribution is 0.0733. The summed E-state index contributed by atoms with van der Waals surface area (Å²) in [6.45, 7) is 11.1. The molecule has 0 atom stereocenters. The number of hydrogen-bond acceptors (Lipinski definition) is 12. The minimum atomic E-state index is -0.824. The van der Waals surface area contributed by atoms with Crippen LogP contribution in [0.15, 0.2) is 176 Å². The fraction of sp³-hybridized carbons (Fsp3) is 0.118. The molecule has 312 valence electrons. The van der Waals surface area contributed by atoms with Gasteiger partial charge in [0.25, 0.3) is 0 Å². The quantitative estimate of drug-likeness (QED) is 0.0678. The lowest BCUT2D eigenvalue weighted by Gasteiger charge is -2.13. The van der Waals surface area contributed by atoms with Crippen molar-refractivity contribution in [2.24, 2.45) is 30.7 Å². The molecule has 0 heterocycles. The molecule has 7 aromatic rings. The van der Waals surface area contributed by atoms with Crippen LogP contribution < -0.4 is 14.2 Å². The fourth-order valence-electron chi connectivity index (χ4n) is 6.25. The van der Waals surface area contributed by atoms with Crippen LogP contribution in [0.2, 0.25) is 0 Å². The van der Waals surface area contributed by atoms with Gasteiger partial charge in [0.05, 0.1) is 50.8 Å². The van der Waals surface area contributed by atoms with Gasteiger partial charge in [-0.1, -0.05) is 54.6 Å². The highest BCUT2D eigenvalue weighted by atomic mass is 16.5. The lowest BCUT2D eigenvalue weighted by Crippen LogP contribution is -2.17. The summed E-state index contributed by atoms with van der Waals surface area (Å²) < 4.78 is 17.4. The van der Waals surface area contributed by atoms with Gasteiger partial charge in [0.1, 0.15) is 17.2 Å². The van der Waals surface area contributed by atoms with E-state index < -0.39 is 17.9 Å². The third kappa shape index (κ3) is 10.9. The molecule has 7 aromatic carbocycles. The second kappa shape index (κ2) is 19.4. The van der Waals surface area contributed by atoms with Crippen molar-refractivity contribution in [2.45, 2.75) is 41.5 Å². The van der Waals surface area contributed by atoms with Gasteiger partial charge in [-0.3, -0.25) is 0 Å². The molecule has 12 heteroatoms. The maximum Gasteiger partial charge on any atom is 0.343 e. The standard InChI is InChI=1S/C51H42N6O6/c1-31-13-7-10-16-43(31)55-52-40-19-22-46(34(4)25-40)61-49(58)37-28-38(50(59)62-47-23-20-41(26-35(47)5)53-56-44-17-11-8-14-32(44)2)30-39(29-37)51(60)63-48-24-21-42(27-36(48)6)54-57-45-18-12-9-15-33(45)3/h7-30H,1-6H3/b55-52+,56-53+,57-54+. The first-order valence-electron chi connectivity index (χ1n) is 20.0. The van der Waals surface area contributed by atoms with Gasteiger partial charge in [-0.15, -0.1) is 0 Å². The van der Waals surface area contributed by atoms with Crippen LogP contribution in [0.3, 0.4) is 0 Å². The van der Waals surface area contributed by atoms with Gasteiger partial charge in [0.15, 0.2) is 0 Å². The third-order valence-electron chi connectivity index (χ3n) is 9.89. The average Bonchev–Trinajstić information content (AvgIpc) is 3.27. The number of esters is 3. The summed E-state index contributed by atoms with van der Waals surface area (Å²) in [6.07, 6.45) is 0. The predicted octanol–water partition coefficient (Wildman–Crippen LogP) is 14.4. The van der Waals surface area contributed by atoms with Crippen LogP contribution in [-0.2, 0) is 0 Å². The Morgan fingerprint density at radius 3 is 0.841 bits per heavy atom. The Labute approximate surface area is 364 Å². The molecule has 0 aromatic heterocycles. The second-order valence-electron chi connectivity index (χ2n) is 14.8. The first-order valence-corrected chi connectivity index (χ1v) is 20.0. The molecule has 0 fully saturated rings. The fourth-order valence-corrected chi connectivity index (χ4v) is 6.25. The summed E-state index contributed by atoms with van der Waals surface area (Å²) in [7, 11) is 0.